The predicted molar refractivity (Wildman–Crippen MR) is 82.3 cm³/mol. The molecule has 0 bridgehead atoms. The number of hydrogen-bond acceptors (Lipinski definition) is 5. The molecule has 1 saturated heterocycles. The van der Waals surface area contributed by atoms with Crippen molar-refractivity contribution in [3.63, 3.8) is 0 Å². The summed E-state index contributed by atoms with van der Waals surface area (Å²) in [5.41, 5.74) is 1.42. The van der Waals surface area contributed by atoms with Crippen LogP contribution >= 0.6 is 0 Å². The van der Waals surface area contributed by atoms with E-state index in [1.807, 2.05) is 6.92 Å². The smallest absolute Gasteiger partial charge is 0.407 e. The molecule has 1 aromatic heterocycles. The highest BCUT2D eigenvalue weighted by molar-refractivity contribution is 5.83. The van der Waals surface area contributed by atoms with E-state index in [4.69, 9.17) is 9.52 Å². The van der Waals surface area contributed by atoms with Crippen molar-refractivity contribution in [3.8, 4) is 0 Å². The summed E-state index contributed by atoms with van der Waals surface area (Å²) in [5, 5.41) is 20.9. The van der Waals surface area contributed by atoms with Crippen LogP contribution in [0.3, 0.4) is 0 Å². The van der Waals surface area contributed by atoms with E-state index in [-0.39, 0.29) is 11.7 Å². The Morgan fingerprint density at radius 3 is 2.91 bits per heavy atom. The molecule has 0 saturated carbocycles. The second-order valence-corrected chi connectivity index (χ2v) is 5.76. The fourth-order valence-electron chi connectivity index (χ4n) is 3.06. The number of carbonyl (C=O) groups is 1. The van der Waals surface area contributed by atoms with Gasteiger partial charge in [-0.1, -0.05) is 0 Å². The third-order valence-electron chi connectivity index (χ3n) is 4.17. The summed E-state index contributed by atoms with van der Waals surface area (Å²) in [5.74, 6) is 0. The lowest BCUT2D eigenvalue weighted by molar-refractivity contribution is -0.384. The van der Waals surface area contributed by atoms with Crippen LogP contribution in [0.5, 0.6) is 0 Å². The quantitative estimate of drug-likeness (QED) is 0.689. The zero-order chi connectivity index (χ0) is 16.6. The molecular weight excluding hydrogens is 302 g/mol. The third-order valence-corrected chi connectivity index (χ3v) is 4.17. The van der Waals surface area contributed by atoms with Crippen LogP contribution in [0.15, 0.2) is 28.9 Å². The van der Waals surface area contributed by atoms with Crippen LogP contribution in [0.2, 0.25) is 0 Å². The van der Waals surface area contributed by atoms with Crippen LogP contribution in [-0.2, 0) is 6.54 Å². The summed E-state index contributed by atoms with van der Waals surface area (Å²) in [6, 6.07) is 4.61. The number of carboxylic acid groups (broad SMARTS) is 1. The Balaban J connectivity index is 1.83. The average Bonchev–Trinajstić information content (AvgIpc) is 2.95. The number of nitrogens with zero attached hydrogens (tertiary/aromatic N) is 3. The number of hydrogen-bond donors (Lipinski definition) is 1. The molecule has 1 aliphatic rings. The van der Waals surface area contributed by atoms with Crippen molar-refractivity contribution in [1.29, 1.82) is 0 Å². The van der Waals surface area contributed by atoms with Gasteiger partial charge in [0.1, 0.15) is 5.58 Å². The lowest BCUT2D eigenvalue weighted by atomic mass is 10.1. The van der Waals surface area contributed by atoms with E-state index in [2.05, 4.69) is 4.90 Å². The van der Waals surface area contributed by atoms with Crippen LogP contribution in [0.4, 0.5) is 10.5 Å². The minimum atomic E-state index is -0.916. The Kier molecular flexibility index (Phi) is 3.91. The summed E-state index contributed by atoms with van der Waals surface area (Å²) >= 11 is 0. The Bertz CT molecular complexity index is 757. The van der Waals surface area contributed by atoms with Gasteiger partial charge in [-0.05, 0) is 13.0 Å². The molecule has 0 spiro atoms. The second kappa shape index (κ2) is 5.88. The highest BCUT2D eigenvalue weighted by atomic mass is 16.6. The van der Waals surface area contributed by atoms with Crippen molar-refractivity contribution in [3.05, 3.63) is 40.1 Å². The molecule has 2 aromatic rings. The maximum absolute atomic E-state index is 11.1. The summed E-state index contributed by atoms with van der Waals surface area (Å²) in [6.45, 7) is 3.94. The zero-order valence-corrected chi connectivity index (χ0v) is 12.6. The van der Waals surface area contributed by atoms with E-state index in [9.17, 15) is 14.9 Å². The predicted octanol–water partition coefficient (Wildman–Crippen LogP) is 2.53. The number of nitro benzene ring substituents is 1. The number of nitro groups is 1. The van der Waals surface area contributed by atoms with Crippen molar-refractivity contribution in [1.82, 2.24) is 9.80 Å². The van der Waals surface area contributed by atoms with E-state index in [1.54, 1.807) is 6.07 Å². The molecule has 1 fully saturated rings. The van der Waals surface area contributed by atoms with Gasteiger partial charge in [0.15, 0.2) is 0 Å². The van der Waals surface area contributed by atoms with Crippen molar-refractivity contribution < 1.29 is 19.2 Å². The number of benzene rings is 1. The first-order valence-electron chi connectivity index (χ1n) is 7.32. The summed E-state index contributed by atoms with van der Waals surface area (Å²) in [4.78, 5) is 25.3. The number of rotatable bonds is 3. The van der Waals surface area contributed by atoms with Gasteiger partial charge in [0.05, 0.1) is 11.2 Å². The fourth-order valence-corrected chi connectivity index (χ4v) is 3.06. The molecule has 8 heteroatoms. The molecule has 0 radical (unpaired) electrons. The number of non-ortho nitro benzene ring substituents is 1. The number of fused-ring (bicyclic) bond motifs is 1. The van der Waals surface area contributed by atoms with E-state index in [1.165, 1.54) is 23.3 Å². The molecule has 1 aromatic carbocycles. The molecule has 1 unspecified atom stereocenters. The molecule has 122 valence electrons. The van der Waals surface area contributed by atoms with Gasteiger partial charge in [-0.25, -0.2) is 4.79 Å². The van der Waals surface area contributed by atoms with Gasteiger partial charge >= 0.3 is 6.09 Å². The molecule has 0 aliphatic carbocycles. The Labute approximate surface area is 132 Å². The van der Waals surface area contributed by atoms with Gasteiger partial charge in [-0.3, -0.25) is 15.0 Å². The van der Waals surface area contributed by atoms with Crippen molar-refractivity contribution in [2.75, 3.05) is 19.6 Å². The van der Waals surface area contributed by atoms with Gasteiger partial charge in [0.25, 0.3) is 5.69 Å². The average molecular weight is 319 g/mol. The molecule has 23 heavy (non-hydrogen) atoms. The van der Waals surface area contributed by atoms with Crippen molar-refractivity contribution in [2.45, 2.75) is 19.5 Å². The highest BCUT2D eigenvalue weighted by Crippen LogP contribution is 2.28. The van der Waals surface area contributed by atoms with Crippen LogP contribution in [0.25, 0.3) is 11.0 Å². The zero-order valence-electron chi connectivity index (χ0n) is 12.6. The lowest BCUT2D eigenvalue weighted by Crippen LogP contribution is -2.53. The first-order chi connectivity index (χ1) is 11.0. The lowest BCUT2D eigenvalue weighted by Gasteiger charge is -2.38. The van der Waals surface area contributed by atoms with Crippen LogP contribution in [0, 0.1) is 10.1 Å². The van der Waals surface area contributed by atoms with Crippen molar-refractivity contribution >= 4 is 22.7 Å². The summed E-state index contributed by atoms with van der Waals surface area (Å²) in [7, 11) is 0. The highest BCUT2D eigenvalue weighted by Gasteiger charge is 2.27. The molecule has 3 rings (SSSR count). The maximum atomic E-state index is 11.1. The normalized spacial score (nSPS) is 19.2. The SMILES string of the molecule is CC1CN(Cc2cc([N+](=O)[O-])cc3ccoc23)CCN1C(=O)O. The van der Waals surface area contributed by atoms with Crippen LogP contribution in [-0.4, -0.2) is 51.6 Å². The second-order valence-electron chi connectivity index (χ2n) is 5.76. The Hall–Kier alpha value is -2.61. The van der Waals surface area contributed by atoms with Gasteiger partial charge in [0, 0.05) is 55.3 Å². The standard InChI is InChI=1S/C15H17N3O5/c1-10-8-16(3-4-17(10)15(19)20)9-12-7-13(18(21)22)6-11-2-5-23-14(11)12/h2,5-7,10H,3-4,8-9H2,1H3,(H,19,20). The molecule has 1 amide bonds. The third kappa shape index (κ3) is 2.98. The topological polar surface area (TPSA) is 100 Å². The molecule has 1 N–H and O–H groups in total. The van der Waals surface area contributed by atoms with Crippen LogP contribution < -0.4 is 0 Å². The minimum absolute atomic E-state index is 0.0334. The molecule has 8 nitrogen and oxygen atoms in total. The van der Waals surface area contributed by atoms with E-state index < -0.39 is 11.0 Å². The minimum Gasteiger partial charge on any atom is -0.465 e. The molecule has 1 atom stereocenters. The number of amides is 1. The monoisotopic (exact) mass is 319 g/mol. The van der Waals surface area contributed by atoms with Gasteiger partial charge < -0.3 is 14.4 Å². The Morgan fingerprint density at radius 2 is 2.26 bits per heavy atom. The maximum Gasteiger partial charge on any atom is 0.407 e. The summed E-state index contributed by atoms with van der Waals surface area (Å²) in [6.07, 6.45) is 0.601. The first-order valence-corrected chi connectivity index (χ1v) is 7.32. The first kappa shape index (κ1) is 15.3. The van der Waals surface area contributed by atoms with Crippen LogP contribution in [0.1, 0.15) is 12.5 Å². The molecule has 1 aliphatic heterocycles. The van der Waals surface area contributed by atoms with E-state index in [0.717, 1.165) is 5.56 Å². The fraction of sp³-hybridized carbons (Fsp3) is 0.400. The number of furan rings is 1. The molecular formula is C15H17N3O5. The van der Waals surface area contributed by atoms with Gasteiger partial charge in [-0.2, -0.15) is 0 Å². The largest absolute Gasteiger partial charge is 0.465 e. The molecule has 2 heterocycles. The number of piperazine rings is 1. The van der Waals surface area contributed by atoms with E-state index in [0.29, 0.717) is 37.1 Å². The van der Waals surface area contributed by atoms with Gasteiger partial charge in [0.2, 0.25) is 0 Å². The Morgan fingerprint density at radius 1 is 1.48 bits per heavy atom. The van der Waals surface area contributed by atoms with Gasteiger partial charge in [-0.15, -0.1) is 0 Å². The van der Waals surface area contributed by atoms with E-state index >= 15 is 0 Å². The van der Waals surface area contributed by atoms with Crippen molar-refractivity contribution in [2.24, 2.45) is 0 Å². The summed E-state index contributed by atoms with van der Waals surface area (Å²) < 4.78 is 5.46.